The SMILES string of the molecule is Cc1ccc(N)c(NCC2CN(C)CCO2)n1. The number of ether oxygens (including phenoxy) is 1. The summed E-state index contributed by atoms with van der Waals surface area (Å²) in [6, 6.07) is 3.78. The van der Waals surface area contributed by atoms with Crippen LogP contribution in [0.15, 0.2) is 12.1 Å². The summed E-state index contributed by atoms with van der Waals surface area (Å²) in [7, 11) is 2.11. The molecule has 1 saturated heterocycles. The summed E-state index contributed by atoms with van der Waals surface area (Å²) in [5.41, 5.74) is 7.50. The highest BCUT2D eigenvalue weighted by atomic mass is 16.5. The number of nitrogens with two attached hydrogens (primary N) is 1. The van der Waals surface area contributed by atoms with Gasteiger partial charge >= 0.3 is 0 Å². The Hall–Kier alpha value is -1.33. The minimum atomic E-state index is 0.204. The van der Waals surface area contributed by atoms with Crippen LogP contribution in [0, 0.1) is 6.92 Å². The number of pyridine rings is 1. The molecule has 2 heterocycles. The maximum absolute atomic E-state index is 5.86. The quantitative estimate of drug-likeness (QED) is 0.809. The highest BCUT2D eigenvalue weighted by Crippen LogP contribution is 2.15. The van der Waals surface area contributed by atoms with Crippen molar-refractivity contribution < 1.29 is 4.74 Å². The normalized spacial score (nSPS) is 21.4. The van der Waals surface area contributed by atoms with E-state index in [9.17, 15) is 0 Å². The first-order chi connectivity index (χ1) is 8.15. The molecule has 0 spiro atoms. The standard InChI is InChI=1S/C12H20N4O/c1-9-3-4-11(13)12(15-9)14-7-10-8-16(2)5-6-17-10/h3-4,10H,5-8,13H2,1-2H3,(H,14,15). The van der Waals surface area contributed by atoms with Gasteiger partial charge in [-0.1, -0.05) is 0 Å². The Labute approximate surface area is 102 Å². The van der Waals surface area contributed by atoms with Crippen LogP contribution in [0.4, 0.5) is 11.5 Å². The smallest absolute Gasteiger partial charge is 0.149 e. The van der Waals surface area contributed by atoms with E-state index in [-0.39, 0.29) is 6.10 Å². The lowest BCUT2D eigenvalue weighted by atomic mass is 10.2. The van der Waals surface area contributed by atoms with Crippen LogP contribution in [0.25, 0.3) is 0 Å². The van der Waals surface area contributed by atoms with Gasteiger partial charge in [0.1, 0.15) is 5.82 Å². The lowest BCUT2D eigenvalue weighted by molar-refractivity contribution is -0.0117. The average molecular weight is 236 g/mol. The van der Waals surface area contributed by atoms with Crippen molar-refractivity contribution in [2.75, 3.05) is 44.3 Å². The van der Waals surface area contributed by atoms with E-state index in [0.29, 0.717) is 5.69 Å². The van der Waals surface area contributed by atoms with Crippen LogP contribution < -0.4 is 11.1 Å². The Kier molecular flexibility index (Phi) is 3.81. The molecule has 0 amide bonds. The predicted octanol–water partition coefficient (Wildman–Crippen LogP) is 0.715. The number of hydrogen-bond donors (Lipinski definition) is 2. The Morgan fingerprint density at radius 1 is 1.59 bits per heavy atom. The van der Waals surface area contributed by atoms with Crippen LogP contribution >= 0.6 is 0 Å². The van der Waals surface area contributed by atoms with E-state index in [2.05, 4.69) is 22.2 Å². The zero-order chi connectivity index (χ0) is 12.3. The molecule has 1 unspecified atom stereocenters. The average Bonchev–Trinajstić information content (AvgIpc) is 2.30. The van der Waals surface area contributed by atoms with E-state index < -0.39 is 0 Å². The van der Waals surface area contributed by atoms with Crippen LogP contribution in [0.3, 0.4) is 0 Å². The van der Waals surface area contributed by atoms with Gasteiger partial charge in [-0.15, -0.1) is 0 Å². The van der Waals surface area contributed by atoms with Crippen molar-refractivity contribution in [3.63, 3.8) is 0 Å². The second-order valence-corrected chi connectivity index (χ2v) is 4.53. The second kappa shape index (κ2) is 5.33. The third kappa shape index (κ3) is 3.31. The fraction of sp³-hybridized carbons (Fsp3) is 0.583. The summed E-state index contributed by atoms with van der Waals surface area (Å²) >= 11 is 0. The molecule has 0 aliphatic carbocycles. The van der Waals surface area contributed by atoms with E-state index in [0.717, 1.165) is 37.8 Å². The summed E-state index contributed by atoms with van der Waals surface area (Å²) < 4.78 is 5.67. The molecule has 1 atom stereocenters. The zero-order valence-electron chi connectivity index (χ0n) is 10.4. The first kappa shape index (κ1) is 12.1. The first-order valence-corrected chi connectivity index (χ1v) is 5.92. The number of aryl methyl sites for hydroxylation is 1. The van der Waals surface area contributed by atoms with Crippen molar-refractivity contribution in [2.45, 2.75) is 13.0 Å². The van der Waals surface area contributed by atoms with Gasteiger partial charge in [-0.05, 0) is 26.1 Å². The van der Waals surface area contributed by atoms with Crippen LogP contribution in [-0.2, 0) is 4.74 Å². The summed E-state index contributed by atoms with van der Waals surface area (Å²) in [4.78, 5) is 6.64. The Morgan fingerprint density at radius 2 is 2.41 bits per heavy atom. The van der Waals surface area contributed by atoms with Crippen molar-refractivity contribution in [3.8, 4) is 0 Å². The zero-order valence-corrected chi connectivity index (χ0v) is 10.4. The molecule has 1 aliphatic heterocycles. The van der Waals surface area contributed by atoms with Gasteiger partial charge in [0.2, 0.25) is 0 Å². The van der Waals surface area contributed by atoms with Gasteiger partial charge in [-0.3, -0.25) is 0 Å². The monoisotopic (exact) mass is 236 g/mol. The Morgan fingerprint density at radius 3 is 3.18 bits per heavy atom. The summed E-state index contributed by atoms with van der Waals surface area (Å²) in [6.07, 6.45) is 0.204. The van der Waals surface area contributed by atoms with Crippen LogP contribution in [0.1, 0.15) is 5.69 Å². The number of morpholine rings is 1. The molecule has 0 radical (unpaired) electrons. The summed E-state index contributed by atoms with van der Waals surface area (Å²) in [6.45, 7) is 5.43. The van der Waals surface area contributed by atoms with Gasteiger partial charge in [-0.25, -0.2) is 4.98 Å². The van der Waals surface area contributed by atoms with Gasteiger partial charge < -0.3 is 20.7 Å². The lowest BCUT2D eigenvalue weighted by Crippen LogP contribution is -2.43. The molecule has 17 heavy (non-hydrogen) atoms. The fourth-order valence-electron chi connectivity index (χ4n) is 1.91. The topological polar surface area (TPSA) is 63.4 Å². The highest BCUT2D eigenvalue weighted by Gasteiger charge is 2.17. The van der Waals surface area contributed by atoms with Crippen molar-refractivity contribution in [1.82, 2.24) is 9.88 Å². The number of aromatic nitrogens is 1. The fourth-order valence-corrected chi connectivity index (χ4v) is 1.91. The number of hydrogen-bond acceptors (Lipinski definition) is 5. The van der Waals surface area contributed by atoms with Gasteiger partial charge in [0.15, 0.2) is 0 Å². The Balaban J connectivity index is 1.90. The largest absolute Gasteiger partial charge is 0.396 e. The van der Waals surface area contributed by atoms with Crippen LogP contribution in [-0.4, -0.2) is 49.3 Å². The molecular weight excluding hydrogens is 216 g/mol. The molecule has 1 aromatic heterocycles. The minimum absolute atomic E-state index is 0.204. The van der Waals surface area contributed by atoms with Gasteiger partial charge in [0, 0.05) is 25.3 Å². The van der Waals surface area contributed by atoms with E-state index in [1.807, 2.05) is 19.1 Å². The third-order valence-corrected chi connectivity index (χ3v) is 2.90. The number of nitrogen functional groups attached to an aromatic ring is 1. The Bertz CT molecular complexity index is 383. The maximum atomic E-state index is 5.86. The molecule has 5 nitrogen and oxygen atoms in total. The van der Waals surface area contributed by atoms with E-state index >= 15 is 0 Å². The van der Waals surface area contributed by atoms with Crippen molar-refractivity contribution >= 4 is 11.5 Å². The number of rotatable bonds is 3. The maximum Gasteiger partial charge on any atom is 0.149 e. The summed E-state index contributed by atoms with van der Waals surface area (Å²) in [5, 5.41) is 3.26. The first-order valence-electron chi connectivity index (χ1n) is 5.92. The second-order valence-electron chi connectivity index (χ2n) is 4.53. The number of likely N-dealkylation sites (N-methyl/N-ethyl adjacent to an activating group) is 1. The number of anilines is 2. The predicted molar refractivity (Wildman–Crippen MR) is 69.1 cm³/mol. The highest BCUT2D eigenvalue weighted by molar-refractivity contribution is 5.61. The molecular formula is C12H20N4O. The molecule has 1 aromatic rings. The molecule has 0 saturated carbocycles. The molecule has 3 N–H and O–H groups in total. The van der Waals surface area contributed by atoms with Crippen molar-refractivity contribution in [2.24, 2.45) is 0 Å². The number of nitrogens with one attached hydrogen (secondary N) is 1. The van der Waals surface area contributed by atoms with E-state index in [1.165, 1.54) is 0 Å². The van der Waals surface area contributed by atoms with Gasteiger partial charge in [-0.2, -0.15) is 0 Å². The molecule has 94 valence electrons. The van der Waals surface area contributed by atoms with Gasteiger partial charge in [0.25, 0.3) is 0 Å². The van der Waals surface area contributed by atoms with Crippen LogP contribution in [0.5, 0.6) is 0 Å². The van der Waals surface area contributed by atoms with Crippen molar-refractivity contribution in [1.29, 1.82) is 0 Å². The molecule has 5 heteroatoms. The molecule has 0 bridgehead atoms. The number of nitrogens with zero attached hydrogens (tertiary/aromatic N) is 2. The third-order valence-electron chi connectivity index (χ3n) is 2.90. The van der Waals surface area contributed by atoms with Crippen molar-refractivity contribution in [3.05, 3.63) is 17.8 Å². The van der Waals surface area contributed by atoms with Crippen LogP contribution in [0.2, 0.25) is 0 Å². The molecule has 2 rings (SSSR count). The molecule has 1 fully saturated rings. The van der Waals surface area contributed by atoms with E-state index in [4.69, 9.17) is 10.5 Å². The lowest BCUT2D eigenvalue weighted by Gasteiger charge is -2.30. The van der Waals surface area contributed by atoms with Gasteiger partial charge in [0.05, 0.1) is 18.4 Å². The molecule has 0 aromatic carbocycles. The molecule has 1 aliphatic rings. The van der Waals surface area contributed by atoms with E-state index in [1.54, 1.807) is 0 Å². The summed E-state index contributed by atoms with van der Waals surface area (Å²) in [5.74, 6) is 0.752. The minimum Gasteiger partial charge on any atom is -0.396 e.